The van der Waals surface area contributed by atoms with Crippen molar-refractivity contribution in [3.8, 4) is 0 Å². The van der Waals surface area contributed by atoms with Gasteiger partial charge in [-0.05, 0) is 30.0 Å². The van der Waals surface area contributed by atoms with Crippen LogP contribution in [0.5, 0.6) is 0 Å². The number of carbonyl (C=O) groups is 1. The second-order valence-corrected chi connectivity index (χ2v) is 6.60. The normalized spacial score (nSPS) is 12.4. The minimum Gasteiger partial charge on any atom is -0.351 e. The molecule has 0 saturated heterocycles. The summed E-state index contributed by atoms with van der Waals surface area (Å²) >= 11 is 0. The van der Waals surface area contributed by atoms with Crippen molar-refractivity contribution in [1.82, 2.24) is 5.32 Å². The number of benzene rings is 1. The molecule has 6 heteroatoms. The summed E-state index contributed by atoms with van der Waals surface area (Å²) in [6, 6.07) is 3.07. The number of halogens is 2. The summed E-state index contributed by atoms with van der Waals surface area (Å²) in [4.78, 5) is 11.5. The maximum Gasteiger partial charge on any atom is 0.232 e. The van der Waals surface area contributed by atoms with Crippen LogP contribution in [0.4, 0.5) is 8.78 Å². The van der Waals surface area contributed by atoms with E-state index in [9.17, 15) is 17.8 Å². The highest BCUT2D eigenvalue weighted by Crippen LogP contribution is 2.07. The van der Waals surface area contributed by atoms with Gasteiger partial charge in [0.15, 0.2) is 0 Å². The average Bonchev–Trinajstić information content (AvgIpc) is 2.33. The Balaban J connectivity index is 2.37. The molecule has 20 heavy (non-hydrogen) atoms. The van der Waals surface area contributed by atoms with Crippen LogP contribution in [-0.4, -0.2) is 21.6 Å². The van der Waals surface area contributed by atoms with E-state index < -0.39 is 22.4 Å². The van der Waals surface area contributed by atoms with Crippen LogP contribution in [0.2, 0.25) is 0 Å². The largest absolute Gasteiger partial charge is 0.351 e. The van der Waals surface area contributed by atoms with Crippen molar-refractivity contribution in [2.45, 2.75) is 26.8 Å². The first-order valence-corrected chi connectivity index (χ1v) is 7.92. The van der Waals surface area contributed by atoms with Crippen molar-refractivity contribution in [1.29, 1.82) is 0 Å². The Morgan fingerprint density at radius 3 is 2.40 bits per heavy atom. The van der Waals surface area contributed by atoms with Gasteiger partial charge in [-0.1, -0.05) is 13.8 Å². The SMILES string of the molecule is CC(C)CCS(=O)CC(=O)NCc1cc(F)cc(F)c1. The summed E-state index contributed by atoms with van der Waals surface area (Å²) in [5, 5.41) is 2.51. The molecule has 1 N–H and O–H groups in total. The van der Waals surface area contributed by atoms with E-state index in [4.69, 9.17) is 0 Å². The number of hydrogen-bond acceptors (Lipinski definition) is 2. The molecule has 0 bridgehead atoms. The molecule has 0 aromatic heterocycles. The second kappa shape index (κ2) is 8.09. The summed E-state index contributed by atoms with van der Waals surface area (Å²) in [5.74, 6) is -0.900. The van der Waals surface area contributed by atoms with Gasteiger partial charge in [-0.3, -0.25) is 9.00 Å². The zero-order valence-electron chi connectivity index (χ0n) is 11.6. The molecule has 1 atom stereocenters. The van der Waals surface area contributed by atoms with Crippen molar-refractivity contribution >= 4 is 16.7 Å². The Kier molecular flexibility index (Phi) is 6.78. The Labute approximate surface area is 120 Å². The molecular formula is C14H19F2NO2S. The summed E-state index contributed by atoms with van der Waals surface area (Å²) in [6.07, 6.45) is 0.801. The lowest BCUT2D eigenvalue weighted by Crippen LogP contribution is -2.28. The van der Waals surface area contributed by atoms with Crippen LogP contribution in [0.15, 0.2) is 18.2 Å². The second-order valence-electron chi connectivity index (χ2n) is 5.03. The third-order valence-electron chi connectivity index (χ3n) is 2.63. The van der Waals surface area contributed by atoms with Gasteiger partial charge in [0.1, 0.15) is 17.4 Å². The Hall–Kier alpha value is -1.30. The van der Waals surface area contributed by atoms with Gasteiger partial charge in [0, 0.05) is 29.2 Å². The molecule has 0 spiro atoms. The Morgan fingerprint density at radius 1 is 1.25 bits per heavy atom. The first kappa shape index (κ1) is 16.8. The fraction of sp³-hybridized carbons (Fsp3) is 0.500. The zero-order chi connectivity index (χ0) is 15.1. The lowest BCUT2D eigenvalue weighted by atomic mass is 10.2. The number of amides is 1. The van der Waals surface area contributed by atoms with Crippen molar-refractivity contribution in [2.75, 3.05) is 11.5 Å². The van der Waals surface area contributed by atoms with Crippen molar-refractivity contribution in [3.63, 3.8) is 0 Å². The van der Waals surface area contributed by atoms with Crippen LogP contribution in [0.25, 0.3) is 0 Å². The van der Waals surface area contributed by atoms with E-state index in [1.165, 1.54) is 0 Å². The number of carbonyl (C=O) groups excluding carboxylic acids is 1. The van der Waals surface area contributed by atoms with Gasteiger partial charge in [-0.2, -0.15) is 0 Å². The number of hydrogen-bond donors (Lipinski definition) is 1. The van der Waals surface area contributed by atoms with Crippen LogP contribution in [-0.2, 0) is 22.1 Å². The van der Waals surface area contributed by atoms with Crippen molar-refractivity contribution in [3.05, 3.63) is 35.4 Å². The van der Waals surface area contributed by atoms with Gasteiger partial charge >= 0.3 is 0 Å². The molecular weight excluding hydrogens is 284 g/mol. The van der Waals surface area contributed by atoms with Crippen LogP contribution in [0.1, 0.15) is 25.8 Å². The van der Waals surface area contributed by atoms with E-state index in [2.05, 4.69) is 5.32 Å². The predicted molar refractivity (Wildman–Crippen MR) is 75.5 cm³/mol. The van der Waals surface area contributed by atoms with E-state index in [1.807, 2.05) is 13.8 Å². The molecule has 0 saturated carbocycles. The monoisotopic (exact) mass is 303 g/mol. The van der Waals surface area contributed by atoms with Gasteiger partial charge < -0.3 is 5.32 Å². The van der Waals surface area contributed by atoms with Crippen LogP contribution in [0, 0.1) is 17.6 Å². The smallest absolute Gasteiger partial charge is 0.232 e. The molecule has 112 valence electrons. The molecule has 3 nitrogen and oxygen atoms in total. The third kappa shape index (κ3) is 6.75. The summed E-state index contributed by atoms with van der Waals surface area (Å²) < 4.78 is 37.5. The van der Waals surface area contributed by atoms with Crippen molar-refractivity contribution in [2.24, 2.45) is 5.92 Å². The maximum absolute atomic E-state index is 12.9. The number of nitrogens with one attached hydrogen (secondary N) is 1. The van der Waals surface area contributed by atoms with E-state index in [0.29, 0.717) is 17.2 Å². The fourth-order valence-corrected chi connectivity index (χ4v) is 2.82. The summed E-state index contributed by atoms with van der Waals surface area (Å²) in [7, 11) is -1.20. The van der Waals surface area contributed by atoms with Gasteiger partial charge in [-0.25, -0.2) is 8.78 Å². The lowest BCUT2D eigenvalue weighted by molar-refractivity contribution is -0.118. The molecule has 0 radical (unpaired) electrons. The van der Waals surface area contributed by atoms with E-state index in [-0.39, 0.29) is 18.2 Å². The highest BCUT2D eigenvalue weighted by Gasteiger charge is 2.09. The van der Waals surface area contributed by atoms with E-state index >= 15 is 0 Å². The first-order chi connectivity index (χ1) is 9.36. The minimum atomic E-state index is -1.20. The van der Waals surface area contributed by atoms with Gasteiger partial charge in [0.2, 0.25) is 5.91 Å². The minimum absolute atomic E-state index is 0.0227. The predicted octanol–water partition coefficient (Wildman–Crippen LogP) is 2.38. The summed E-state index contributed by atoms with van der Waals surface area (Å²) in [6.45, 7) is 4.07. The molecule has 1 rings (SSSR count). The van der Waals surface area contributed by atoms with Gasteiger partial charge in [0.25, 0.3) is 0 Å². The topological polar surface area (TPSA) is 46.2 Å². The molecule has 0 aliphatic heterocycles. The van der Waals surface area contributed by atoms with E-state index in [1.54, 1.807) is 0 Å². The quantitative estimate of drug-likeness (QED) is 0.840. The molecule has 0 aliphatic carbocycles. The van der Waals surface area contributed by atoms with Crippen LogP contribution in [0.3, 0.4) is 0 Å². The maximum atomic E-state index is 12.9. The highest BCUT2D eigenvalue weighted by atomic mass is 32.2. The molecule has 0 heterocycles. The fourth-order valence-electron chi connectivity index (χ4n) is 1.55. The zero-order valence-corrected chi connectivity index (χ0v) is 12.4. The standard InChI is InChI=1S/C14H19F2NO2S/c1-10(2)3-4-20(19)9-14(18)17-8-11-5-12(15)7-13(16)6-11/h5-7,10H,3-4,8-9H2,1-2H3,(H,17,18). The van der Waals surface area contributed by atoms with Crippen LogP contribution >= 0.6 is 0 Å². The van der Waals surface area contributed by atoms with Crippen molar-refractivity contribution < 1.29 is 17.8 Å². The Bertz CT molecular complexity index is 472. The molecule has 1 amide bonds. The average molecular weight is 303 g/mol. The Morgan fingerprint density at radius 2 is 1.85 bits per heavy atom. The molecule has 1 unspecified atom stereocenters. The number of rotatable bonds is 7. The third-order valence-corrected chi connectivity index (χ3v) is 3.90. The first-order valence-electron chi connectivity index (χ1n) is 6.43. The van der Waals surface area contributed by atoms with E-state index in [0.717, 1.165) is 24.6 Å². The lowest BCUT2D eigenvalue weighted by Gasteiger charge is -2.07. The molecule has 1 aromatic rings. The molecule has 0 fully saturated rings. The van der Waals surface area contributed by atoms with Crippen LogP contribution < -0.4 is 5.32 Å². The highest BCUT2D eigenvalue weighted by molar-refractivity contribution is 7.85. The molecule has 1 aromatic carbocycles. The molecule has 0 aliphatic rings. The van der Waals surface area contributed by atoms with Gasteiger partial charge in [0.05, 0.1) is 0 Å². The van der Waals surface area contributed by atoms with Gasteiger partial charge in [-0.15, -0.1) is 0 Å². The summed E-state index contributed by atoms with van der Waals surface area (Å²) in [5.41, 5.74) is 0.337.